The van der Waals surface area contributed by atoms with Crippen molar-refractivity contribution in [2.24, 2.45) is 5.92 Å². The van der Waals surface area contributed by atoms with Gasteiger partial charge in [-0.2, -0.15) is 0 Å². The lowest BCUT2D eigenvalue weighted by Crippen LogP contribution is -2.43. The van der Waals surface area contributed by atoms with Crippen LogP contribution >= 0.6 is 0 Å². The molecule has 0 bridgehead atoms. The maximum Gasteiger partial charge on any atom is 0.407 e. The summed E-state index contributed by atoms with van der Waals surface area (Å²) in [7, 11) is 0. The highest BCUT2D eigenvalue weighted by Gasteiger charge is 2.35. The molecule has 180 valence electrons. The van der Waals surface area contributed by atoms with E-state index in [-0.39, 0.29) is 44.1 Å². The van der Waals surface area contributed by atoms with Crippen molar-refractivity contribution < 1.29 is 29.0 Å². The number of carbonyl (C=O) groups excluding carboxylic acids is 2. The molecule has 0 spiro atoms. The Kier molecular flexibility index (Phi) is 7.47. The molecule has 0 saturated carbocycles. The van der Waals surface area contributed by atoms with Crippen molar-refractivity contribution in [2.75, 3.05) is 19.8 Å². The summed E-state index contributed by atoms with van der Waals surface area (Å²) < 4.78 is 10.8. The largest absolute Gasteiger partial charge is 0.481 e. The molecule has 3 unspecified atom stereocenters. The van der Waals surface area contributed by atoms with E-state index in [1.807, 2.05) is 31.2 Å². The molecule has 34 heavy (non-hydrogen) atoms. The van der Waals surface area contributed by atoms with Crippen molar-refractivity contribution in [1.82, 2.24) is 10.6 Å². The zero-order valence-corrected chi connectivity index (χ0v) is 19.2. The Morgan fingerprint density at radius 3 is 2.32 bits per heavy atom. The van der Waals surface area contributed by atoms with Gasteiger partial charge < -0.3 is 25.2 Å². The molecule has 2 aromatic carbocycles. The molecule has 0 radical (unpaired) electrons. The number of nitrogens with one attached hydrogen (secondary N) is 2. The molecule has 8 heteroatoms. The van der Waals surface area contributed by atoms with E-state index < -0.39 is 24.0 Å². The highest BCUT2D eigenvalue weighted by Crippen LogP contribution is 2.44. The van der Waals surface area contributed by atoms with Gasteiger partial charge in [0.05, 0.1) is 19.3 Å². The summed E-state index contributed by atoms with van der Waals surface area (Å²) in [5.41, 5.74) is 4.64. The first kappa shape index (κ1) is 23.8. The molecule has 3 N–H and O–H groups in total. The second kappa shape index (κ2) is 10.7. The van der Waals surface area contributed by atoms with Gasteiger partial charge in [-0.3, -0.25) is 9.59 Å². The Hall–Kier alpha value is -3.39. The predicted molar refractivity (Wildman–Crippen MR) is 125 cm³/mol. The fourth-order valence-electron chi connectivity index (χ4n) is 4.71. The van der Waals surface area contributed by atoms with E-state index in [1.54, 1.807) is 0 Å². The lowest BCUT2D eigenvalue weighted by molar-refractivity contribution is -0.142. The number of carboxylic acid groups (broad SMARTS) is 1. The second-order valence-electron chi connectivity index (χ2n) is 8.77. The molecule has 1 saturated heterocycles. The summed E-state index contributed by atoms with van der Waals surface area (Å²) in [6.07, 6.45) is 0.731. The smallest absolute Gasteiger partial charge is 0.407 e. The Labute approximate surface area is 198 Å². The van der Waals surface area contributed by atoms with Crippen LogP contribution in [0.4, 0.5) is 4.79 Å². The van der Waals surface area contributed by atoms with Gasteiger partial charge in [-0.05, 0) is 35.1 Å². The number of benzene rings is 2. The minimum atomic E-state index is -0.980. The number of amides is 2. The third kappa shape index (κ3) is 5.22. The maximum absolute atomic E-state index is 12.5. The van der Waals surface area contributed by atoms with Crippen LogP contribution in [0.15, 0.2) is 48.5 Å². The number of fused-ring (bicyclic) bond motifs is 3. The van der Waals surface area contributed by atoms with Crippen molar-refractivity contribution in [3.63, 3.8) is 0 Å². The van der Waals surface area contributed by atoms with E-state index in [4.69, 9.17) is 9.47 Å². The van der Waals surface area contributed by atoms with Gasteiger partial charge in [0, 0.05) is 18.4 Å². The average Bonchev–Trinajstić information content (AvgIpc) is 3.43. The van der Waals surface area contributed by atoms with Crippen LogP contribution in [0.5, 0.6) is 0 Å². The van der Waals surface area contributed by atoms with E-state index in [2.05, 4.69) is 34.9 Å². The van der Waals surface area contributed by atoms with Crippen LogP contribution in [0.25, 0.3) is 11.1 Å². The molecule has 8 nitrogen and oxygen atoms in total. The summed E-state index contributed by atoms with van der Waals surface area (Å²) in [5, 5.41) is 14.8. The number of carbonyl (C=O) groups is 3. The van der Waals surface area contributed by atoms with Crippen molar-refractivity contribution in [1.29, 1.82) is 0 Å². The third-order valence-electron chi connectivity index (χ3n) is 6.62. The molecule has 2 aromatic rings. The predicted octanol–water partition coefficient (Wildman–Crippen LogP) is 3.30. The Morgan fingerprint density at radius 1 is 1.06 bits per heavy atom. The van der Waals surface area contributed by atoms with Gasteiger partial charge in [-0.1, -0.05) is 55.5 Å². The van der Waals surface area contributed by atoms with Gasteiger partial charge in [0.2, 0.25) is 5.91 Å². The van der Waals surface area contributed by atoms with Crippen LogP contribution in [-0.2, 0) is 19.1 Å². The van der Waals surface area contributed by atoms with Crippen molar-refractivity contribution in [2.45, 2.75) is 44.2 Å². The van der Waals surface area contributed by atoms with Crippen molar-refractivity contribution in [3.8, 4) is 11.1 Å². The Bertz CT molecular complexity index is 1010. The summed E-state index contributed by atoms with van der Waals surface area (Å²) in [6, 6.07) is 15.6. The van der Waals surface area contributed by atoms with Crippen LogP contribution in [0.1, 0.15) is 43.2 Å². The molecule has 0 aromatic heterocycles. The summed E-state index contributed by atoms with van der Waals surface area (Å²) in [5.74, 6) is -1.98. The van der Waals surface area contributed by atoms with Crippen molar-refractivity contribution in [3.05, 3.63) is 59.7 Å². The van der Waals surface area contributed by atoms with Gasteiger partial charge in [-0.25, -0.2) is 4.79 Å². The van der Waals surface area contributed by atoms with E-state index in [1.165, 1.54) is 11.1 Å². The summed E-state index contributed by atoms with van der Waals surface area (Å²) in [6.45, 7) is 2.45. The highest BCUT2D eigenvalue weighted by atomic mass is 16.5. The molecule has 2 aliphatic rings. The molecule has 2 amide bonds. The maximum atomic E-state index is 12.5. The van der Waals surface area contributed by atoms with Crippen LogP contribution in [0.3, 0.4) is 0 Å². The molecular weight excluding hydrogens is 436 g/mol. The Balaban J connectivity index is 1.26. The Morgan fingerprint density at radius 2 is 1.71 bits per heavy atom. The number of aliphatic carboxylic acids is 1. The van der Waals surface area contributed by atoms with Gasteiger partial charge in [0.15, 0.2) is 0 Å². The average molecular weight is 467 g/mol. The van der Waals surface area contributed by atoms with Crippen LogP contribution in [0.2, 0.25) is 0 Å². The van der Waals surface area contributed by atoms with E-state index in [0.29, 0.717) is 12.8 Å². The first-order valence-corrected chi connectivity index (χ1v) is 11.7. The quantitative estimate of drug-likeness (QED) is 0.523. The number of carboxylic acids is 1. The zero-order valence-electron chi connectivity index (χ0n) is 19.2. The third-order valence-corrected chi connectivity index (χ3v) is 6.62. The van der Waals surface area contributed by atoms with Crippen LogP contribution in [-0.4, -0.2) is 55.0 Å². The van der Waals surface area contributed by atoms with Crippen LogP contribution < -0.4 is 10.6 Å². The zero-order chi connectivity index (χ0) is 24.1. The normalized spacial score (nSPS) is 19.7. The second-order valence-corrected chi connectivity index (χ2v) is 8.77. The van der Waals surface area contributed by atoms with E-state index >= 15 is 0 Å². The van der Waals surface area contributed by atoms with E-state index in [9.17, 15) is 19.5 Å². The molecule has 1 heterocycles. The van der Waals surface area contributed by atoms with Crippen molar-refractivity contribution >= 4 is 18.0 Å². The first-order valence-electron chi connectivity index (χ1n) is 11.7. The fourth-order valence-corrected chi connectivity index (χ4v) is 4.71. The minimum Gasteiger partial charge on any atom is -0.481 e. The lowest BCUT2D eigenvalue weighted by Gasteiger charge is -2.20. The number of rotatable bonds is 9. The summed E-state index contributed by atoms with van der Waals surface area (Å²) >= 11 is 0. The van der Waals surface area contributed by atoms with Gasteiger partial charge in [-0.15, -0.1) is 0 Å². The van der Waals surface area contributed by atoms with Gasteiger partial charge in [0.25, 0.3) is 0 Å². The SMILES string of the molecule is CCC(CCC(=O)NC1COCC1C(=O)O)NC(=O)OCC1c2ccccc2-c2ccccc21. The van der Waals surface area contributed by atoms with Gasteiger partial charge >= 0.3 is 12.1 Å². The highest BCUT2D eigenvalue weighted by molar-refractivity contribution is 5.79. The van der Waals surface area contributed by atoms with E-state index in [0.717, 1.165) is 11.1 Å². The van der Waals surface area contributed by atoms with Gasteiger partial charge in [0.1, 0.15) is 12.5 Å². The molecule has 1 aliphatic carbocycles. The summed E-state index contributed by atoms with van der Waals surface area (Å²) in [4.78, 5) is 36.0. The number of hydrogen-bond donors (Lipinski definition) is 3. The minimum absolute atomic E-state index is 0.0141. The molecule has 1 aliphatic heterocycles. The monoisotopic (exact) mass is 466 g/mol. The lowest BCUT2D eigenvalue weighted by atomic mass is 9.98. The molecular formula is C26H30N2O6. The standard InChI is InChI=1S/C26H30N2O6/c1-2-16(11-12-24(29)28-23-15-33-13-22(23)25(30)31)27-26(32)34-14-21-19-9-5-3-7-17(19)18-8-4-6-10-20(18)21/h3-10,16,21-23H,2,11-15H2,1H3,(H,27,32)(H,28,29)(H,30,31). The topological polar surface area (TPSA) is 114 Å². The number of alkyl carbamates (subject to hydrolysis) is 1. The fraction of sp³-hybridized carbons (Fsp3) is 0.423. The first-order chi connectivity index (χ1) is 16.5. The number of hydrogen-bond acceptors (Lipinski definition) is 5. The number of ether oxygens (including phenoxy) is 2. The molecule has 3 atom stereocenters. The van der Waals surface area contributed by atoms with Crippen LogP contribution in [0, 0.1) is 5.92 Å². The molecule has 4 rings (SSSR count). The molecule has 1 fully saturated rings.